The SMILES string of the molecule is CO[C@@]12CCC3(C[C@@H]1[C@@](C)(O)C(C)(C)C)[C@H]1Cc4ccc(C)c5c4[C@@]3(CCN1CC1CC1)[C@H]2O5. The molecule has 1 saturated heterocycles. The Balaban J connectivity index is 1.47. The Labute approximate surface area is 205 Å². The van der Waals surface area contributed by atoms with Crippen molar-refractivity contribution in [3.8, 4) is 5.75 Å². The molecule has 2 aliphatic heterocycles. The molecule has 0 aromatic heterocycles. The van der Waals surface area contributed by atoms with Crippen LogP contribution in [-0.4, -0.2) is 53.6 Å². The lowest BCUT2D eigenvalue weighted by molar-refractivity contribution is -0.312. The van der Waals surface area contributed by atoms with Crippen LogP contribution in [0.15, 0.2) is 12.1 Å². The van der Waals surface area contributed by atoms with Gasteiger partial charge in [0.15, 0.2) is 0 Å². The monoisotopic (exact) mass is 465 g/mol. The number of hydrogen-bond acceptors (Lipinski definition) is 4. The van der Waals surface area contributed by atoms with Crippen molar-refractivity contribution >= 4 is 0 Å². The highest BCUT2D eigenvalue weighted by Crippen LogP contribution is 2.77. The average Bonchev–Trinajstić information content (AvgIpc) is 3.53. The van der Waals surface area contributed by atoms with Crippen molar-refractivity contribution in [2.45, 2.75) is 108 Å². The Morgan fingerprint density at radius 3 is 2.59 bits per heavy atom. The normalized spacial score (nSPS) is 43.9. The van der Waals surface area contributed by atoms with Crippen LogP contribution < -0.4 is 4.74 Å². The lowest BCUT2D eigenvalue weighted by atomic mass is 9.33. The molecule has 0 amide bonds. The maximum Gasteiger partial charge on any atom is 0.138 e. The summed E-state index contributed by atoms with van der Waals surface area (Å²) in [6, 6.07) is 5.24. The molecule has 8 rings (SSSR count). The molecule has 4 nitrogen and oxygen atoms in total. The summed E-state index contributed by atoms with van der Waals surface area (Å²) in [6.45, 7) is 13.3. The maximum absolute atomic E-state index is 12.2. The van der Waals surface area contributed by atoms with E-state index in [1.807, 2.05) is 7.11 Å². The van der Waals surface area contributed by atoms with Gasteiger partial charge in [-0.15, -0.1) is 0 Å². The highest BCUT2D eigenvalue weighted by Gasteiger charge is 2.82. The number of fused-ring (bicyclic) bond motifs is 2. The summed E-state index contributed by atoms with van der Waals surface area (Å²) in [5.41, 5.74) is 2.95. The molecular weight excluding hydrogens is 422 g/mol. The van der Waals surface area contributed by atoms with Crippen LogP contribution in [0.1, 0.15) is 82.9 Å². The molecule has 1 N–H and O–H groups in total. The van der Waals surface area contributed by atoms with Crippen molar-refractivity contribution in [3.63, 3.8) is 0 Å². The van der Waals surface area contributed by atoms with Crippen LogP contribution in [0.5, 0.6) is 5.75 Å². The molecular formula is C30H43NO3. The molecule has 1 aromatic rings. The van der Waals surface area contributed by atoms with Gasteiger partial charge in [0.05, 0.1) is 5.60 Å². The molecule has 5 aliphatic carbocycles. The number of piperidine rings is 1. The summed E-state index contributed by atoms with van der Waals surface area (Å²) in [7, 11) is 1.89. The van der Waals surface area contributed by atoms with Crippen LogP contribution in [0.2, 0.25) is 0 Å². The van der Waals surface area contributed by atoms with Gasteiger partial charge in [0.25, 0.3) is 0 Å². The Morgan fingerprint density at radius 1 is 1.15 bits per heavy atom. The lowest BCUT2D eigenvalue weighted by Gasteiger charge is -2.75. The number of rotatable bonds is 4. The van der Waals surface area contributed by atoms with Gasteiger partial charge < -0.3 is 14.6 Å². The zero-order valence-electron chi connectivity index (χ0n) is 22.0. The molecule has 34 heavy (non-hydrogen) atoms. The van der Waals surface area contributed by atoms with Gasteiger partial charge in [-0.25, -0.2) is 0 Å². The second-order valence-corrected chi connectivity index (χ2v) is 14.1. The fourth-order valence-electron chi connectivity index (χ4n) is 9.73. The first kappa shape index (κ1) is 22.1. The van der Waals surface area contributed by atoms with Crippen LogP contribution in [-0.2, 0) is 16.6 Å². The molecule has 2 spiro atoms. The molecule has 1 unspecified atom stereocenters. The van der Waals surface area contributed by atoms with Gasteiger partial charge in [-0.1, -0.05) is 32.9 Å². The van der Waals surface area contributed by atoms with Crippen LogP contribution in [0.4, 0.5) is 0 Å². The highest BCUT2D eigenvalue weighted by atomic mass is 16.6. The second kappa shape index (κ2) is 6.42. The number of ether oxygens (including phenoxy) is 2. The van der Waals surface area contributed by atoms with E-state index < -0.39 is 11.2 Å². The van der Waals surface area contributed by atoms with E-state index in [0.29, 0.717) is 6.04 Å². The molecule has 4 saturated carbocycles. The standard InChI is InChI=1S/C30H43NO3/c1-18-7-10-20-15-22-28-11-12-30(33-6,21(16-28)27(5,32)26(2,3)4)25-29(28,23(20)24(18)34-25)13-14-31(22)17-19-8-9-19/h7,10,19,21-22,25,32H,8-9,11-17H2,1-6H3/t21-,22-,25-,27-,28?,29+,30+/m1/s1. The van der Waals surface area contributed by atoms with E-state index in [2.05, 4.69) is 51.7 Å². The summed E-state index contributed by atoms with van der Waals surface area (Å²) < 4.78 is 13.8. The van der Waals surface area contributed by atoms with Gasteiger partial charge in [0.2, 0.25) is 0 Å². The molecule has 186 valence electrons. The van der Waals surface area contributed by atoms with Crippen molar-refractivity contribution < 1.29 is 14.6 Å². The van der Waals surface area contributed by atoms with E-state index >= 15 is 0 Å². The van der Waals surface area contributed by atoms with E-state index in [1.54, 1.807) is 0 Å². The number of likely N-dealkylation sites (tertiary alicyclic amines) is 1. The molecule has 4 bridgehead atoms. The minimum atomic E-state index is -0.846. The topological polar surface area (TPSA) is 41.9 Å². The predicted molar refractivity (Wildman–Crippen MR) is 133 cm³/mol. The molecule has 7 aliphatic rings. The van der Waals surface area contributed by atoms with Crippen molar-refractivity contribution in [1.29, 1.82) is 0 Å². The smallest absolute Gasteiger partial charge is 0.138 e. The molecule has 0 radical (unpaired) electrons. The van der Waals surface area contributed by atoms with Crippen molar-refractivity contribution in [3.05, 3.63) is 28.8 Å². The Bertz CT molecular complexity index is 1050. The number of hydrogen-bond donors (Lipinski definition) is 1. The van der Waals surface area contributed by atoms with Crippen LogP contribution in [0.3, 0.4) is 0 Å². The van der Waals surface area contributed by atoms with Gasteiger partial charge in [-0.2, -0.15) is 0 Å². The molecule has 2 heterocycles. The largest absolute Gasteiger partial charge is 0.486 e. The minimum Gasteiger partial charge on any atom is -0.486 e. The van der Waals surface area contributed by atoms with Crippen LogP contribution in [0.25, 0.3) is 0 Å². The molecule has 4 heteroatoms. The second-order valence-electron chi connectivity index (χ2n) is 14.1. The fraction of sp³-hybridized carbons (Fsp3) is 0.800. The van der Waals surface area contributed by atoms with Gasteiger partial charge in [-0.3, -0.25) is 4.90 Å². The summed E-state index contributed by atoms with van der Waals surface area (Å²) >= 11 is 0. The van der Waals surface area contributed by atoms with E-state index in [4.69, 9.17) is 9.47 Å². The van der Waals surface area contributed by atoms with Gasteiger partial charge in [0, 0.05) is 42.0 Å². The van der Waals surface area contributed by atoms with E-state index in [-0.39, 0.29) is 28.3 Å². The number of benzene rings is 1. The Kier molecular flexibility index (Phi) is 4.18. The van der Waals surface area contributed by atoms with Crippen LogP contribution >= 0.6 is 0 Å². The Morgan fingerprint density at radius 2 is 1.91 bits per heavy atom. The summed E-state index contributed by atoms with van der Waals surface area (Å²) in [4.78, 5) is 2.88. The quantitative estimate of drug-likeness (QED) is 0.678. The van der Waals surface area contributed by atoms with Crippen LogP contribution in [0, 0.1) is 29.6 Å². The third kappa shape index (κ3) is 2.29. The fourth-order valence-corrected chi connectivity index (χ4v) is 9.73. The molecule has 5 fully saturated rings. The number of methoxy groups -OCH3 is 1. The first-order valence-electron chi connectivity index (χ1n) is 13.8. The molecule has 1 aromatic carbocycles. The Hall–Kier alpha value is -1.10. The van der Waals surface area contributed by atoms with Gasteiger partial charge >= 0.3 is 0 Å². The van der Waals surface area contributed by atoms with Gasteiger partial charge in [0.1, 0.15) is 17.5 Å². The predicted octanol–water partition coefficient (Wildman–Crippen LogP) is 5.02. The van der Waals surface area contributed by atoms with E-state index in [9.17, 15) is 5.11 Å². The third-order valence-corrected chi connectivity index (χ3v) is 12.1. The summed E-state index contributed by atoms with van der Waals surface area (Å²) in [6.07, 6.45) is 8.33. The zero-order chi connectivity index (χ0) is 23.9. The summed E-state index contributed by atoms with van der Waals surface area (Å²) in [5.74, 6) is 2.10. The van der Waals surface area contributed by atoms with Crippen molar-refractivity contribution in [2.24, 2.45) is 22.7 Å². The lowest BCUT2D eigenvalue weighted by Crippen LogP contribution is -2.83. The first-order valence-corrected chi connectivity index (χ1v) is 13.8. The maximum atomic E-state index is 12.2. The number of aryl methyl sites for hydroxylation is 1. The number of nitrogens with zero attached hydrogens (tertiary/aromatic N) is 1. The van der Waals surface area contributed by atoms with Gasteiger partial charge in [-0.05, 0) is 87.8 Å². The first-order chi connectivity index (χ1) is 16.0. The van der Waals surface area contributed by atoms with Crippen molar-refractivity contribution in [1.82, 2.24) is 4.90 Å². The van der Waals surface area contributed by atoms with E-state index in [1.165, 1.54) is 55.5 Å². The zero-order valence-corrected chi connectivity index (χ0v) is 22.0. The van der Waals surface area contributed by atoms with E-state index in [0.717, 1.165) is 30.9 Å². The highest BCUT2D eigenvalue weighted by molar-refractivity contribution is 5.61. The molecule has 7 atom stereocenters. The average molecular weight is 466 g/mol. The van der Waals surface area contributed by atoms with Crippen molar-refractivity contribution in [2.75, 3.05) is 20.2 Å². The number of aliphatic hydroxyl groups is 1. The third-order valence-electron chi connectivity index (χ3n) is 12.1. The summed E-state index contributed by atoms with van der Waals surface area (Å²) in [5, 5.41) is 12.2. The minimum absolute atomic E-state index is 0.00736.